The molecule has 0 saturated heterocycles. The average molecular weight is 207 g/mol. The van der Waals surface area contributed by atoms with Crippen molar-refractivity contribution in [3.05, 3.63) is 35.4 Å². The third-order valence-corrected chi connectivity index (χ3v) is 2.06. The third-order valence-electron chi connectivity index (χ3n) is 2.06. The van der Waals surface area contributed by atoms with Crippen LogP contribution in [-0.4, -0.2) is 26.2 Å². The molecule has 0 amide bonds. The molecule has 1 N–H and O–H groups in total. The molecule has 0 atom stereocenters. The lowest BCUT2D eigenvalue weighted by molar-refractivity contribution is -0.142. The number of aryl methyl sites for hydroxylation is 1. The van der Waals surface area contributed by atoms with E-state index in [1.165, 1.54) is 11.1 Å². The first-order valence-electron chi connectivity index (χ1n) is 5.08. The normalized spacial score (nSPS) is 10.0. The average Bonchev–Trinajstić information content (AvgIpc) is 2.18. The number of nitrogens with one attached hydrogen (secondary N) is 1. The summed E-state index contributed by atoms with van der Waals surface area (Å²) >= 11 is 0. The molecule has 0 unspecified atom stereocenters. The van der Waals surface area contributed by atoms with Gasteiger partial charge in [-0.3, -0.25) is 4.79 Å². The van der Waals surface area contributed by atoms with Crippen LogP contribution in [0, 0.1) is 6.92 Å². The smallest absolute Gasteiger partial charge is 0.319 e. The second-order valence-corrected chi connectivity index (χ2v) is 3.49. The maximum Gasteiger partial charge on any atom is 0.319 e. The van der Waals surface area contributed by atoms with Crippen LogP contribution >= 0.6 is 0 Å². The van der Waals surface area contributed by atoms with Crippen molar-refractivity contribution in [2.75, 3.05) is 20.2 Å². The molecule has 1 rings (SSSR count). The molecule has 0 spiro atoms. The number of esters is 1. The summed E-state index contributed by atoms with van der Waals surface area (Å²) in [5.41, 5.74) is 2.43. The third kappa shape index (κ3) is 4.61. The van der Waals surface area contributed by atoms with Crippen LogP contribution in [0.1, 0.15) is 11.1 Å². The Morgan fingerprint density at radius 1 is 1.47 bits per heavy atom. The Kier molecular flexibility index (Phi) is 4.84. The Labute approximate surface area is 90.4 Å². The Morgan fingerprint density at radius 2 is 2.27 bits per heavy atom. The molecule has 3 heteroatoms. The van der Waals surface area contributed by atoms with E-state index < -0.39 is 0 Å². The Balaban J connectivity index is 2.28. The highest BCUT2D eigenvalue weighted by molar-refractivity contribution is 5.71. The molecule has 15 heavy (non-hydrogen) atoms. The van der Waals surface area contributed by atoms with Crippen molar-refractivity contribution < 1.29 is 9.53 Å². The van der Waals surface area contributed by atoms with Gasteiger partial charge >= 0.3 is 5.97 Å². The molecule has 0 fully saturated rings. The van der Waals surface area contributed by atoms with E-state index in [1.807, 2.05) is 12.1 Å². The quantitative estimate of drug-likeness (QED) is 0.740. The number of ether oxygens (including phenoxy) is 1. The zero-order valence-electron chi connectivity index (χ0n) is 9.25. The van der Waals surface area contributed by atoms with E-state index in [4.69, 9.17) is 4.74 Å². The molecule has 0 heterocycles. The zero-order chi connectivity index (χ0) is 11.1. The molecule has 0 bridgehead atoms. The lowest BCUT2D eigenvalue weighted by Gasteiger charge is -2.04. The minimum absolute atomic E-state index is 0.204. The van der Waals surface area contributed by atoms with Crippen LogP contribution in [0.5, 0.6) is 0 Å². The van der Waals surface area contributed by atoms with E-state index in [0.29, 0.717) is 6.61 Å². The summed E-state index contributed by atoms with van der Waals surface area (Å²) in [7, 11) is 1.72. The molecular weight excluding hydrogens is 190 g/mol. The van der Waals surface area contributed by atoms with Gasteiger partial charge in [0.15, 0.2) is 0 Å². The fourth-order valence-corrected chi connectivity index (χ4v) is 1.35. The summed E-state index contributed by atoms with van der Waals surface area (Å²) in [6.45, 7) is 2.77. The monoisotopic (exact) mass is 207 g/mol. The standard InChI is InChI=1S/C12H17NO2/c1-10-4-3-5-11(8-10)6-7-15-12(14)9-13-2/h3-5,8,13H,6-7,9H2,1-2H3. The van der Waals surface area contributed by atoms with Gasteiger partial charge in [0.25, 0.3) is 0 Å². The van der Waals surface area contributed by atoms with Gasteiger partial charge in [0.05, 0.1) is 13.2 Å². The fourth-order valence-electron chi connectivity index (χ4n) is 1.35. The van der Waals surface area contributed by atoms with Crippen LogP contribution in [0.2, 0.25) is 0 Å². The van der Waals surface area contributed by atoms with Crippen LogP contribution < -0.4 is 5.32 Å². The Bertz CT molecular complexity index is 323. The largest absolute Gasteiger partial charge is 0.464 e. The molecule has 0 aliphatic carbocycles. The summed E-state index contributed by atoms with van der Waals surface area (Å²) in [5.74, 6) is -0.204. The molecule has 0 aromatic heterocycles. The Hall–Kier alpha value is -1.35. The maximum atomic E-state index is 11.0. The number of rotatable bonds is 5. The molecule has 3 nitrogen and oxygen atoms in total. The number of benzene rings is 1. The van der Waals surface area contributed by atoms with E-state index in [-0.39, 0.29) is 12.5 Å². The molecule has 0 saturated carbocycles. The maximum absolute atomic E-state index is 11.0. The van der Waals surface area contributed by atoms with Crippen LogP contribution in [0.4, 0.5) is 0 Å². The molecular formula is C12H17NO2. The molecule has 0 aliphatic heterocycles. The van der Waals surface area contributed by atoms with E-state index in [2.05, 4.69) is 24.4 Å². The van der Waals surface area contributed by atoms with Crippen molar-refractivity contribution in [2.24, 2.45) is 0 Å². The number of hydrogen-bond acceptors (Lipinski definition) is 3. The van der Waals surface area contributed by atoms with Crippen molar-refractivity contribution in [3.8, 4) is 0 Å². The van der Waals surface area contributed by atoms with Crippen molar-refractivity contribution in [1.82, 2.24) is 5.32 Å². The second-order valence-electron chi connectivity index (χ2n) is 3.49. The first-order chi connectivity index (χ1) is 7.22. The SMILES string of the molecule is CNCC(=O)OCCc1cccc(C)c1. The number of carbonyl (C=O) groups is 1. The topological polar surface area (TPSA) is 38.3 Å². The van der Waals surface area contributed by atoms with Crippen LogP contribution in [0.3, 0.4) is 0 Å². The first kappa shape index (κ1) is 11.7. The fraction of sp³-hybridized carbons (Fsp3) is 0.417. The van der Waals surface area contributed by atoms with E-state index >= 15 is 0 Å². The summed E-state index contributed by atoms with van der Waals surface area (Å²) in [6, 6.07) is 8.21. The summed E-state index contributed by atoms with van der Waals surface area (Å²) in [6.07, 6.45) is 0.775. The van der Waals surface area contributed by atoms with Gasteiger partial charge in [0.1, 0.15) is 0 Å². The van der Waals surface area contributed by atoms with Crippen LogP contribution in [-0.2, 0) is 16.0 Å². The molecule has 0 aliphatic rings. The van der Waals surface area contributed by atoms with Gasteiger partial charge in [-0.1, -0.05) is 29.8 Å². The molecule has 1 aromatic rings. The van der Waals surface area contributed by atoms with Crippen LogP contribution in [0.15, 0.2) is 24.3 Å². The van der Waals surface area contributed by atoms with Gasteiger partial charge in [0.2, 0.25) is 0 Å². The van der Waals surface area contributed by atoms with Gasteiger partial charge in [-0.25, -0.2) is 0 Å². The van der Waals surface area contributed by atoms with Gasteiger partial charge in [-0.2, -0.15) is 0 Å². The summed E-state index contributed by atoms with van der Waals surface area (Å²) < 4.78 is 5.02. The van der Waals surface area contributed by atoms with Gasteiger partial charge in [-0.15, -0.1) is 0 Å². The molecule has 1 aromatic carbocycles. The predicted octanol–water partition coefficient (Wildman–Crippen LogP) is 1.30. The van der Waals surface area contributed by atoms with Crippen LogP contribution in [0.25, 0.3) is 0 Å². The Morgan fingerprint density at radius 3 is 2.93 bits per heavy atom. The van der Waals surface area contributed by atoms with Crippen molar-refractivity contribution in [3.63, 3.8) is 0 Å². The minimum Gasteiger partial charge on any atom is -0.464 e. The van der Waals surface area contributed by atoms with E-state index in [9.17, 15) is 4.79 Å². The highest BCUT2D eigenvalue weighted by atomic mass is 16.5. The first-order valence-corrected chi connectivity index (χ1v) is 5.08. The van der Waals surface area contributed by atoms with E-state index in [1.54, 1.807) is 7.05 Å². The highest BCUT2D eigenvalue weighted by Gasteiger charge is 2.00. The number of carbonyl (C=O) groups excluding carboxylic acids is 1. The number of hydrogen-bond donors (Lipinski definition) is 1. The van der Waals surface area contributed by atoms with Gasteiger partial charge < -0.3 is 10.1 Å². The number of likely N-dealkylation sites (N-methyl/N-ethyl adjacent to an activating group) is 1. The zero-order valence-corrected chi connectivity index (χ0v) is 9.25. The predicted molar refractivity (Wildman–Crippen MR) is 59.8 cm³/mol. The van der Waals surface area contributed by atoms with Gasteiger partial charge in [-0.05, 0) is 19.5 Å². The highest BCUT2D eigenvalue weighted by Crippen LogP contribution is 2.04. The van der Waals surface area contributed by atoms with Crippen molar-refractivity contribution >= 4 is 5.97 Å². The lowest BCUT2D eigenvalue weighted by atomic mass is 10.1. The summed E-state index contributed by atoms with van der Waals surface area (Å²) in [5, 5.41) is 2.75. The molecule has 82 valence electrons. The van der Waals surface area contributed by atoms with Gasteiger partial charge in [0, 0.05) is 6.42 Å². The van der Waals surface area contributed by atoms with E-state index in [0.717, 1.165) is 6.42 Å². The minimum atomic E-state index is -0.204. The van der Waals surface area contributed by atoms with Crippen molar-refractivity contribution in [1.29, 1.82) is 0 Å². The summed E-state index contributed by atoms with van der Waals surface area (Å²) in [4.78, 5) is 11.0. The molecule has 0 radical (unpaired) electrons. The lowest BCUT2D eigenvalue weighted by Crippen LogP contribution is -2.21. The van der Waals surface area contributed by atoms with Crippen molar-refractivity contribution in [2.45, 2.75) is 13.3 Å². The second kappa shape index (κ2) is 6.19.